The number of piperazine rings is 1. The molecule has 0 aliphatic carbocycles. The van der Waals surface area contributed by atoms with E-state index in [1.807, 2.05) is 43.3 Å². The smallest absolute Gasteiger partial charge is 0.416 e. The lowest BCUT2D eigenvalue weighted by molar-refractivity contribution is -0.144. The van der Waals surface area contributed by atoms with Crippen LogP contribution in [0.2, 0.25) is 0 Å². The first-order valence-corrected chi connectivity index (χ1v) is 16.5. The second-order valence-corrected chi connectivity index (χ2v) is 13.3. The van der Waals surface area contributed by atoms with Gasteiger partial charge in [-0.2, -0.15) is 13.2 Å². The summed E-state index contributed by atoms with van der Waals surface area (Å²) in [6.45, 7) is 8.76. The van der Waals surface area contributed by atoms with Gasteiger partial charge in [-0.3, -0.25) is 9.69 Å². The van der Waals surface area contributed by atoms with Crippen LogP contribution in [0.25, 0.3) is 10.6 Å². The average molecular weight is 670 g/mol. The number of anilines is 1. The Bertz CT molecular complexity index is 1680. The molecule has 1 atom stereocenters. The predicted octanol–water partition coefficient (Wildman–Crippen LogP) is 7.81. The van der Waals surface area contributed by atoms with E-state index in [1.54, 1.807) is 24.8 Å². The van der Waals surface area contributed by atoms with Gasteiger partial charge in [-0.1, -0.05) is 12.1 Å². The molecule has 1 unspecified atom stereocenters. The molecule has 0 bridgehead atoms. The van der Waals surface area contributed by atoms with Gasteiger partial charge in [0.1, 0.15) is 10.8 Å². The highest BCUT2D eigenvalue weighted by atomic mass is 32.2. The van der Waals surface area contributed by atoms with E-state index in [0.717, 1.165) is 65.0 Å². The average Bonchev–Trinajstić information content (AvgIpc) is 3.43. The lowest BCUT2D eigenvalue weighted by Crippen LogP contribution is -2.46. The number of thioether (sulfide) groups is 1. The first kappa shape index (κ1) is 33.5. The van der Waals surface area contributed by atoms with Crippen molar-refractivity contribution in [1.29, 1.82) is 0 Å². The van der Waals surface area contributed by atoms with Crippen molar-refractivity contribution in [3.8, 4) is 16.3 Å². The molecule has 4 aromatic rings. The fraction of sp³-hybridized carbons (Fsp3) is 0.324. The van der Waals surface area contributed by atoms with Crippen molar-refractivity contribution in [3.63, 3.8) is 0 Å². The Balaban J connectivity index is 1.31. The maximum atomic E-state index is 13.2. The minimum Gasteiger partial charge on any atom is -0.479 e. The van der Waals surface area contributed by atoms with Gasteiger partial charge in [0.15, 0.2) is 11.9 Å². The molecule has 1 aliphatic rings. The van der Waals surface area contributed by atoms with Crippen LogP contribution in [-0.4, -0.2) is 59.0 Å². The Kier molecular flexibility index (Phi) is 10.4. The molecule has 46 heavy (non-hydrogen) atoms. The molecule has 3 aromatic carbocycles. The number of hydrogen-bond donors (Lipinski definition) is 1. The van der Waals surface area contributed by atoms with Crippen molar-refractivity contribution in [2.75, 3.05) is 31.1 Å². The lowest BCUT2D eigenvalue weighted by atomic mass is 10.1. The summed E-state index contributed by atoms with van der Waals surface area (Å²) >= 11 is 3.10. The number of alkyl halides is 3. The monoisotopic (exact) mass is 669 g/mol. The van der Waals surface area contributed by atoms with Crippen molar-refractivity contribution in [3.05, 3.63) is 94.0 Å². The van der Waals surface area contributed by atoms with Crippen molar-refractivity contribution in [2.45, 2.75) is 50.2 Å². The number of aryl methyl sites for hydroxylation is 1. The third-order valence-corrected chi connectivity index (χ3v) is 10.1. The number of carboxylic acid groups (broad SMARTS) is 1. The topological polar surface area (TPSA) is 83.0 Å². The summed E-state index contributed by atoms with van der Waals surface area (Å²) in [6, 6.07) is 18.4. The molecule has 1 aliphatic heterocycles. The molecule has 1 fully saturated rings. The summed E-state index contributed by atoms with van der Waals surface area (Å²) in [5.41, 5.74) is 3.43. The van der Waals surface area contributed by atoms with Crippen molar-refractivity contribution < 1.29 is 32.6 Å². The number of aliphatic carboxylic acids is 1. The molecule has 1 saturated heterocycles. The zero-order valence-corrected chi connectivity index (χ0v) is 27.3. The van der Waals surface area contributed by atoms with E-state index < -0.39 is 23.8 Å². The number of thiazole rings is 1. The zero-order valence-electron chi connectivity index (χ0n) is 25.6. The summed E-state index contributed by atoms with van der Waals surface area (Å²) in [5.74, 6) is 0.123. The number of ether oxygens (including phenoxy) is 1. The maximum absolute atomic E-state index is 13.2. The molecule has 0 saturated carbocycles. The van der Waals surface area contributed by atoms with E-state index in [1.165, 1.54) is 30.4 Å². The number of Topliss-reactive ketones (excluding diaryl/α,β-unsaturated/α-hetero) is 1. The number of aromatic nitrogens is 1. The molecule has 0 radical (unpaired) electrons. The highest BCUT2D eigenvalue weighted by Crippen LogP contribution is 2.37. The molecule has 2 heterocycles. The van der Waals surface area contributed by atoms with Gasteiger partial charge in [0.25, 0.3) is 0 Å². The van der Waals surface area contributed by atoms with Crippen LogP contribution in [0.4, 0.5) is 18.9 Å². The van der Waals surface area contributed by atoms with E-state index in [-0.39, 0.29) is 5.78 Å². The van der Waals surface area contributed by atoms with E-state index in [2.05, 4.69) is 9.80 Å². The van der Waals surface area contributed by atoms with Crippen LogP contribution in [0, 0.1) is 6.92 Å². The first-order valence-electron chi connectivity index (χ1n) is 14.7. The van der Waals surface area contributed by atoms with Crippen LogP contribution >= 0.6 is 23.1 Å². The number of halogens is 3. The van der Waals surface area contributed by atoms with Gasteiger partial charge >= 0.3 is 12.1 Å². The van der Waals surface area contributed by atoms with Gasteiger partial charge in [-0.15, -0.1) is 23.1 Å². The molecule has 7 nitrogen and oxygen atoms in total. The summed E-state index contributed by atoms with van der Waals surface area (Å²) < 4.78 is 45.1. The van der Waals surface area contributed by atoms with Crippen molar-refractivity contribution >= 4 is 40.5 Å². The Morgan fingerprint density at radius 2 is 1.70 bits per heavy atom. The van der Waals surface area contributed by atoms with Crippen LogP contribution in [0.1, 0.15) is 45.9 Å². The first-order chi connectivity index (χ1) is 21.9. The van der Waals surface area contributed by atoms with Gasteiger partial charge in [0, 0.05) is 65.1 Å². The fourth-order valence-electron chi connectivity index (χ4n) is 5.06. The summed E-state index contributed by atoms with van der Waals surface area (Å²) in [6.07, 6.45) is -5.37. The Morgan fingerprint density at radius 3 is 2.28 bits per heavy atom. The highest BCUT2D eigenvalue weighted by molar-refractivity contribution is 7.98. The number of carboxylic acids is 1. The summed E-state index contributed by atoms with van der Waals surface area (Å²) in [5, 5.41) is 9.84. The van der Waals surface area contributed by atoms with Gasteiger partial charge in [0.2, 0.25) is 0 Å². The SMILES string of the molecule is CC(=O)c1ccc(N2CCN(Cc3nc(-c4ccc(C(F)(F)F)cc4)sc3CSc3ccc(OC(C)C(=O)O)c(C)c3)CC2)cc1. The second-order valence-electron chi connectivity index (χ2n) is 11.1. The largest absolute Gasteiger partial charge is 0.479 e. The van der Waals surface area contributed by atoms with E-state index in [0.29, 0.717) is 34.2 Å². The molecule has 5 rings (SSSR count). The fourth-order valence-corrected chi connectivity index (χ4v) is 7.23. The van der Waals surface area contributed by atoms with Crippen LogP contribution < -0.4 is 9.64 Å². The normalized spacial score (nSPS) is 14.7. The van der Waals surface area contributed by atoms with Crippen LogP contribution in [-0.2, 0) is 23.3 Å². The van der Waals surface area contributed by atoms with E-state index in [9.17, 15) is 22.8 Å². The number of ketones is 1. The molecule has 0 amide bonds. The molecule has 12 heteroatoms. The third-order valence-electron chi connectivity index (χ3n) is 7.79. The number of carbonyl (C=O) groups is 2. The number of rotatable bonds is 11. The molecule has 1 N–H and O–H groups in total. The molecule has 0 spiro atoms. The predicted molar refractivity (Wildman–Crippen MR) is 175 cm³/mol. The quantitative estimate of drug-likeness (QED) is 0.128. The standard InChI is InChI=1S/C34H34F3N3O4S2/c1-21-18-28(12-13-30(21)44-23(3)33(42)43)45-20-31-29(38-32(46-31)25-4-8-26(9-5-25)34(35,36)37)19-39-14-16-40(17-15-39)27-10-6-24(7-11-27)22(2)41/h4-13,18,23H,14-17,19-20H2,1-3H3,(H,42,43). The minimum atomic E-state index is -4.41. The Labute approximate surface area is 274 Å². The number of carbonyl (C=O) groups excluding carboxylic acids is 1. The minimum absolute atomic E-state index is 0.0378. The number of hydrogen-bond acceptors (Lipinski definition) is 8. The van der Waals surface area contributed by atoms with E-state index in [4.69, 9.17) is 14.8 Å². The Hall–Kier alpha value is -3.87. The van der Waals surface area contributed by atoms with Gasteiger partial charge in [-0.05, 0) is 80.9 Å². The van der Waals surface area contributed by atoms with Crippen LogP contribution in [0.15, 0.2) is 71.6 Å². The third kappa shape index (κ3) is 8.28. The molecular formula is C34H34F3N3O4S2. The van der Waals surface area contributed by atoms with Gasteiger partial charge in [-0.25, -0.2) is 9.78 Å². The van der Waals surface area contributed by atoms with Crippen molar-refractivity contribution in [2.24, 2.45) is 0 Å². The van der Waals surface area contributed by atoms with E-state index >= 15 is 0 Å². The second kappa shape index (κ2) is 14.3. The van der Waals surface area contributed by atoms with Gasteiger partial charge < -0.3 is 14.7 Å². The Morgan fingerprint density at radius 1 is 1.02 bits per heavy atom. The zero-order chi connectivity index (χ0) is 33.0. The molecule has 242 valence electrons. The maximum Gasteiger partial charge on any atom is 0.416 e. The highest BCUT2D eigenvalue weighted by Gasteiger charge is 2.30. The number of benzene rings is 3. The van der Waals surface area contributed by atoms with Crippen molar-refractivity contribution in [1.82, 2.24) is 9.88 Å². The van der Waals surface area contributed by atoms with Crippen LogP contribution in [0.5, 0.6) is 5.75 Å². The molecular weight excluding hydrogens is 636 g/mol. The molecule has 1 aromatic heterocycles. The lowest BCUT2D eigenvalue weighted by Gasteiger charge is -2.36. The van der Waals surface area contributed by atoms with Gasteiger partial charge in [0.05, 0.1) is 11.3 Å². The number of nitrogens with zero attached hydrogens (tertiary/aromatic N) is 3. The summed E-state index contributed by atoms with van der Waals surface area (Å²) in [7, 11) is 0. The van der Waals surface area contributed by atoms with Crippen LogP contribution in [0.3, 0.4) is 0 Å². The summed E-state index contributed by atoms with van der Waals surface area (Å²) in [4.78, 5) is 34.4.